The van der Waals surface area contributed by atoms with Crippen molar-refractivity contribution in [3.63, 3.8) is 0 Å². The average molecular weight is 567 g/mol. The molecule has 0 amide bonds. The van der Waals surface area contributed by atoms with Crippen LogP contribution in [0.2, 0.25) is 0 Å². The van der Waals surface area contributed by atoms with Crippen LogP contribution in [-0.4, -0.2) is 94.5 Å². The normalized spacial score (nSPS) is 20.7. The molecule has 4 atom stereocenters. The molecule has 4 rings (SSSR count). The van der Waals surface area contributed by atoms with Gasteiger partial charge in [-0.15, -0.1) is 0 Å². The number of piperazine rings is 2. The molecule has 40 heavy (non-hydrogen) atoms. The molecule has 2 saturated heterocycles. The standard InChI is InChI=1S/C28H38N8O3S/c1-30-24(18-11-17(40(4)39)6-5-16(18)13-29)19-12-20(27(37)21-14-33-7-9-35-21)25(31-2)26(32-3)23(19)28(38)22-15-34-8-10-36-22/h5-6,11-12,21-22,24,30-36H,7-10,14-15H2,1-4H3. The van der Waals surface area contributed by atoms with Gasteiger partial charge in [-0.3, -0.25) is 13.8 Å². The second kappa shape index (κ2) is 13.5. The highest BCUT2D eigenvalue weighted by atomic mass is 32.2. The average Bonchev–Trinajstić information content (AvgIpc) is 3.00. The first-order valence-electron chi connectivity index (χ1n) is 13.4. The lowest BCUT2D eigenvalue weighted by Crippen LogP contribution is -2.53. The Morgan fingerprint density at radius 1 is 0.925 bits per heavy atom. The van der Waals surface area contributed by atoms with Crippen LogP contribution in [0.3, 0.4) is 0 Å². The Kier molecular flexibility index (Phi) is 10.0. The summed E-state index contributed by atoms with van der Waals surface area (Å²) in [4.78, 5) is 28.7. The fraction of sp³-hybridized carbons (Fsp3) is 0.464. The fourth-order valence-corrected chi connectivity index (χ4v) is 6.03. The van der Waals surface area contributed by atoms with Gasteiger partial charge in [0.05, 0.1) is 41.1 Å². The van der Waals surface area contributed by atoms with Crippen LogP contribution in [0.4, 0.5) is 11.4 Å². The van der Waals surface area contributed by atoms with Crippen LogP contribution in [0, 0.1) is 11.3 Å². The Morgan fingerprint density at radius 3 is 2.05 bits per heavy atom. The van der Waals surface area contributed by atoms with Gasteiger partial charge in [0.1, 0.15) is 0 Å². The van der Waals surface area contributed by atoms with E-state index < -0.39 is 28.9 Å². The molecule has 2 aliphatic rings. The van der Waals surface area contributed by atoms with Gasteiger partial charge >= 0.3 is 0 Å². The summed E-state index contributed by atoms with van der Waals surface area (Å²) in [5, 5.41) is 32.8. The fourth-order valence-electron chi connectivity index (χ4n) is 5.48. The highest BCUT2D eigenvalue weighted by Gasteiger charge is 2.34. The van der Waals surface area contributed by atoms with Crippen molar-refractivity contribution in [1.82, 2.24) is 26.6 Å². The number of nitrogens with zero attached hydrogens (tertiary/aromatic N) is 1. The van der Waals surface area contributed by atoms with E-state index in [1.807, 2.05) is 0 Å². The van der Waals surface area contributed by atoms with Crippen molar-refractivity contribution in [2.75, 3.05) is 77.3 Å². The number of nitrogens with one attached hydrogen (secondary N) is 7. The molecule has 12 heteroatoms. The third-order valence-electron chi connectivity index (χ3n) is 7.47. The molecule has 0 aliphatic carbocycles. The van der Waals surface area contributed by atoms with E-state index in [0.717, 1.165) is 13.1 Å². The summed E-state index contributed by atoms with van der Waals surface area (Å²) in [7, 11) is 3.93. The van der Waals surface area contributed by atoms with E-state index in [2.05, 4.69) is 43.3 Å². The number of hydrogen-bond acceptors (Lipinski definition) is 11. The molecule has 4 unspecified atom stereocenters. The quantitative estimate of drug-likeness (QED) is 0.197. The molecule has 0 bridgehead atoms. The summed E-state index contributed by atoms with van der Waals surface area (Å²) in [5.74, 6) is -0.238. The molecule has 2 aromatic carbocycles. The molecule has 0 spiro atoms. The Labute approximate surface area is 237 Å². The maximum Gasteiger partial charge on any atom is 0.183 e. The van der Waals surface area contributed by atoms with E-state index >= 15 is 0 Å². The number of ketones is 2. The topological polar surface area (TPSA) is 159 Å². The second-order valence-corrected chi connectivity index (χ2v) is 11.2. The predicted molar refractivity (Wildman–Crippen MR) is 158 cm³/mol. The van der Waals surface area contributed by atoms with Crippen molar-refractivity contribution in [3.05, 3.63) is 52.1 Å². The van der Waals surface area contributed by atoms with Gasteiger partial charge in [0.2, 0.25) is 0 Å². The Hall–Kier alpha value is -3.18. The minimum Gasteiger partial charge on any atom is -0.386 e. The first kappa shape index (κ1) is 29.8. The van der Waals surface area contributed by atoms with Gasteiger partial charge in [-0.2, -0.15) is 5.26 Å². The number of anilines is 2. The lowest BCUT2D eigenvalue weighted by atomic mass is 9.84. The summed E-state index contributed by atoms with van der Waals surface area (Å²) in [6.45, 7) is 3.81. The van der Waals surface area contributed by atoms with Gasteiger partial charge in [0.25, 0.3) is 0 Å². The summed E-state index contributed by atoms with van der Waals surface area (Å²) >= 11 is 0. The molecular formula is C28H38N8O3S. The van der Waals surface area contributed by atoms with E-state index in [9.17, 15) is 19.1 Å². The molecule has 214 valence electrons. The van der Waals surface area contributed by atoms with Crippen LogP contribution >= 0.6 is 0 Å². The number of nitriles is 1. The van der Waals surface area contributed by atoms with E-state index in [0.29, 0.717) is 70.3 Å². The largest absolute Gasteiger partial charge is 0.386 e. The Bertz CT molecular complexity index is 1330. The molecule has 0 radical (unpaired) electrons. The molecule has 11 nitrogen and oxygen atoms in total. The molecule has 2 fully saturated rings. The maximum atomic E-state index is 14.2. The monoisotopic (exact) mass is 566 g/mol. The Balaban J connectivity index is 2.00. The highest BCUT2D eigenvalue weighted by molar-refractivity contribution is 7.84. The molecule has 0 saturated carbocycles. The minimum absolute atomic E-state index is 0.107. The number of benzene rings is 2. The van der Waals surface area contributed by atoms with Crippen molar-refractivity contribution in [3.8, 4) is 6.07 Å². The van der Waals surface area contributed by atoms with Crippen LogP contribution in [0.25, 0.3) is 0 Å². The molecule has 7 N–H and O–H groups in total. The summed E-state index contributed by atoms with van der Waals surface area (Å²) < 4.78 is 12.4. The van der Waals surface area contributed by atoms with E-state index in [1.54, 1.807) is 51.7 Å². The van der Waals surface area contributed by atoms with Crippen molar-refractivity contribution in [2.45, 2.75) is 23.0 Å². The summed E-state index contributed by atoms with van der Waals surface area (Å²) in [6, 6.07) is 7.52. The van der Waals surface area contributed by atoms with Gasteiger partial charge in [-0.05, 0) is 42.4 Å². The maximum absolute atomic E-state index is 14.2. The number of rotatable bonds is 10. The van der Waals surface area contributed by atoms with Crippen LogP contribution in [-0.2, 0) is 10.8 Å². The van der Waals surface area contributed by atoms with Crippen molar-refractivity contribution >= 4 is 33.7 Å². The van der Waals surface area contributed by atoms with Gasteiger partial charge in [-0.1, -0.05) is 0 Å². The molecular weight excluding hydrogens is 528 g/mol. The van der Waals surface area contributed by atoms with Gasteiger partial charge < -0.3 is 37.2 Å². The first-order chi connectivity index (χ1) is 19.4. The van der Waals surface area contributed by atoms with Gasteiger partial charge in [0, 0.05) is 86.4 Å². The minimum atomic E-state index is -1.28. The number of hydrogen-bond donors (Lipinski definition) is 7. The van der Waals surface area contributed by atoms with E-state index in [4.69, 9.17) is 0 Å². The lowest BCUT2D eigenvalue weighted by molar-refractivity contribution is 0.0923. The lowest BCUT2D eigenvalue weighted by Gasteiger charge is -2.31. The SMILES string of the molecule is CNc1c(C(=O)C2CNCCN2)cc(C(NC)c2cc(S(C)=O)ccc2C#N)c(C(=O)C2CNCCN2)c1NC. The van der Waals surface area contributed by atoms with Gasteiger partial charge in [-0.25, -0.2) is 0 Å². The summed E-state index contributed by atoms with van der Waals surface area (Å²) in [6.07, 6.45) is 1.58. The molecule has 2 aliphatic heterocycles. The second-order valence-electron chi connectivity index (χ2n) is 9.83. The third-order valence-corrected chi connectivity index (χ3v) is 8.39. The zero-order valence-corrected chi connectivity index (χ0v) is 24.2. The summed E-state index contributed by atoms with van der Waals surface area (Å²) in [5.41, 5.74) is 3.43. The smallest absolute Gasteiger partial charge is 0.183 e. The van der Waals surface area contributed by atoms with Crippen LogP contribution in [0.15, 0.2) is 29.2 Å². The number of carbonyl (C=O) groups excluding carboxylic acids is 2. The Morgan fingerprint density at radius 2 is 1.55 bits per heavy atom. The van der Waals surface area contributed by atoms with Crippen LogP contribution in [0.1, 0.15) is 43.4 Å². The number of Topliss-reactive ketones (excluding diaryl/α,β-unsaturated/α-hetero) is 2. The van der Waals surface area contributed by atoms with Crippen molar-refractivity contribution in [1.29, 1.82) is 5.26 Å². The van der Waals surface area contributed by atoms with E-state index in [1.165, 1.54) is 0 Å². The van der Waals surface area contributed by atoms with Crippen LogP contribution in [0.5, 0.6) is 0 Å². The third kappa shape index (κ3) is 5.95. The predicted octanol–water partition coefficient (Wildman–Crippen LogP) is 0.176. The first-order valence-corrected chi connectivity index (χ1v) is 15.0. The van der Waals surface area contributed by atoms with Crippen molar-refractivity contribution in [2.24, 2.45) is 0 Å². The molecule has 2 heterocycles. The zero-order valence-electron chi connectivity index (χ0n) is 23.4. The van der Waals surface area contributed by atoms with Crippen molar-refractivity contribution < 1.29 is 13.8 Å². The number of carbonyl (C=O) groups is 2. The van der Waals surface area contributed by atoms with E-state index in [-0.39, 0.29) is 11.6 Å². The zero-order chi connectivity index (χ0) is 28.8. The molecule has 0 aromatic heterocycles. The van der Waals surface area contributed by atoms with Crippen LogP contribution < -0.4 is 37.2 Å². The van der Waals surface area contributed by atoms with Gasteiger partial charge in [0.15, 0.2) is 11.6 Å². The highest BCUT2D eigenvalue weighted by Crippen LogP contribution is 2.40. The molecule has 2 aromatic rings.